The number of ether oxygens (including phenoxy) is 4. The predicted molar refractivity (Wildman–Crippen MR) is 130 cm³/mol. The molecule has 3 heterocycles. The number of fused-ring (bicyclic) bond motifs is 1. The van der Waals surface area contributed by atoms with Gasteiger partial charge in [-0.1, -0.05) is 32.9 Å². The van der Waals surface area contributed by atoms with Crippen LogP contribution in [0.1, 0.15) is 64.5 Å². The number of piperidine rings is 1. The molecule has 7 aliphatic rings. The molecule has 1 aromatic carbocycles. The maximum Gasteiger partial charge on any atom is 0.165 e. The summed E-state index contributed by atoms with van der Waals surface area (Å²) in [5.41, 5.74) is 2.43. The van der Waals surface area contributed by atoms with E-state index < -0.39 is 0 Å². The number of hydrogen-bond donors (Lipinski definition) is 0. The van der Waals surface area contributed by atoms with Crippen LogP contribution in [-0.4, -0.2) is 55.2 Å². The summed E-state index contributed by atoms with van der Waals surface area (Å²) in [6, 6.07) is 4.92. The van der Waals surface area contributed by atoms with Gasteiger partial charge in [-0.15, -0.1) is 6.58 Å². The Kier molecular flexibility index (Phi) is 4.09. The van der Waals surface area contributed by atoms with Gasteiger partial charge >= 0.3 is 0 Å². The van der Waals surface area contributed by atoms with Gasteiger partial charge in [-0.2, -0.15) is 0 Å². The fourth-order valence-corrected chi connectivity index (χ4v) is 9.73. The third kappa shape index (κ3) is 2.09. The minimum Gasteiger partial charge on any atom is -0.493 e. The number of methoxy groups -OCH3 is 1. The maximum atomic E-state index is 7.15. The van der Waals surface area contributed by atoms with Gasteiger partial charge in [0.25, 0.3) is 0 Å². The fraction of sp³-hybridized carbons (Fsp3) is 0.724. The van der Waals surface area contributed by atoms with Crippen molar-refractivity contribution < 1.29 is 18.9 Å². The van der Waals surface area contributed by atoms with E-state index in [0.717, 1.165) is 50.3 Å². The van der Waals surface area contributed by atoms with E-state index >= 15 is 0 Å². The number of nitrogens with zero attached hydrogens (tertiary/aromatic N) is 1. The quantitative estimate of drug-likeness (QED) is 0.597. The highest BCUT2D eigenvalue weighted by Crippen LogP contribution is 2.78. The Balaban J connectivity index is 1.51. The van der Waals surface area contributed by atoms with Crippen LogP contribution in [0.2, 0.25) is 0 Å². The zero-order valence-corrected chi connectivity index (χ0v) is 21.4. The van der Waals surface area contributed by atoms with Crippen molar-refractivity contribution in [3.63, 3.8) is 0 Å². The number of likely N-dealkylation sites (tertiary alicyclic amines) is 1. The lowest BCUT2D eigenvalue weighted by molar-refractivity contribution is -0.389. The third-order valence-electron chi connectivity index (χ3n) is 11.5. The van der Waals surface area contributed by atoms with Gasteiger partial charge in [0.05, 0.1) is 12.7 Å². The second kappa shape index (κ2) is 6.41. The van der Waals surface area contributed by atoms with E-state index in [1.165, 1.54) is 17.5 Å². The predicted octanol–water partition coefficient (Wildman–Crippen LogP) is 4.86. The molecule has 3 spiro atoms. The lowest BCUT2D eigenvalue weighted by Crippen LogP contribution is -2.84. The molecule has 0 amide bonds. The molecule has 0 radical (unpaired) electrons. The van der Waals surface area contributed by atoms with E-state index in [1.807, 2.05) is 0 Å². The molecule has 1 aromatic rings. The van der Waals surface area contributed by atoms with Crippen LogP contribution in [0.25, 0.3) is 0 Å². The van der Waals surface area contributed by atoms with Crippen LogP contribution in [0.5, 0.6) is 11.5 Å². The number of hydrogen-bond acceptors (Lipinski definition) is 5. The highest BCUT2D eigenvalue weighted by Gasteiger charge is 2.83. The molecule has 5 nitrogen and oxygen atoms in total. The smallest absolute Gasteiger partial charge is 0.165 e. The molecule has 4 aliphatic carbocycles. The summed E-state index contributed by atoms with van der Waals surface area (Å²) in [5.74, 6) is 2.16. The van der Waals surface area contributed by atoms with E-state index in [4.69, 9.17) is 18.9 Å². The molecule has 0 N–H and O–H groups in total. The number of rotatable bonds is 3. The van der Waals surface area contributed by atoms with Gasteiger partial charge < -0.3 is 18.9 Å². The van der Waals surface area contributed by atoms with Gasteiger partial charge in [-0.05, 0) is 62.6 Å². The van der Waals surface area contributed by atoms with E-state index in [-0.39, 0.29) is 39.5 Å². The van der Waals surface area contributed by atoms with Crippen LogP contribution in [0.3, 0.4) is 0 Å². The zero-order valence-electron chi connectivity index (χ0n) is 21.4. The Morgan fingerprint density at radius 3 is 2.76 bits per heavy atom. The molecular weight excluding hydrogens is 426 g/mol. The lowest BCUT2D eigenvalue weighted by atomic mass is 9.33. The molecule has 5 heteroatoms. The Labute approximate surface area is 203 Å². The summed E-state index contributed by atoms with van der Waals surface area (Å²) in [6.07, 6.45) is 7.66. The first-order chi connectivity index (χ1) is 16.2. The SMILES string of the molecule is C=CCN1CC[C@]23c4c5ccc(OC)c4O[C@H]2[C@@]24CC[C@@]3(C[C@@H]2[C@@](C)(C(C)(C)C)OCO4)[C@H]1C5. The summed E-state index contributed by atoms with van der Waals surface area (Å²) in [6.45, 7) is 15.8. The molecule has 3 saturated carbocycles. The van der Waals surface area contributed by atoms with Crippen molar-refractivity contribution in [2.45, 2.75) is 88.6 Å². The van der Waals surface area contributed by atoms with Gasteiger partial charge in [0.15, 0.2) is 11.5 Å². The summed E-state index contributed by atoms with van der Waals surface area (Å²) in [7, 11) is 1.77. The van der Waals surface area contributed by atoms with Gasteiger partial charge in [-0.3, -0.25) is 4.90 Å². The topological polar surface area (TPSA) is 40.2 Å². The van der Waals surface area contributed by atoms with Gasteiger partial charge in [-0.25, -0.2) is 0 Å². The molecule has 2 saturated heterocycles. The van der Waals surface area contributed by atoms with Crippen molar-refractivity contribution >= 4 is 0 Å². The van der Waals surface area contributed by atoms with Crippen LogP contribution < -0.4 is 9.47 Å². The van der Waals surface area contributed by atoms with Crippen molar-refractivity contribution in [2.24, 2.45) is 16.7 Å². The third-order valence-corrected chi connectivity index (χ3v) is 11.5. The molecule has 184 valence electrons. The molecular formula is C29H39NO4. The van der Waals surface area contributed by atoms with Crippen LogP contribution in [0.15, 0.2) is 24.8 Å². The monoisotopic (exact) mass is 465 g/mol. The van der Waals surface area contributed by atoms with Crippen LogP contribution in [0, 0.1) is 16.7 Å². The fourth-order valence-electron chi connectivity index (χ4n) is 9.73. The van der Waals surface area contributed by atoms with Crippen LogP contribution in [-0.2, 0) is 21.3 Å². The molecule has 34 heavy (non-hydrogen) atoms. The lowest BCUT2D eigenvalue weighted by Gasteiger charge is -2.76. The van der Waals surface area contributed by atoms with Crippen molar-refractivity contribution in [1.82, 2.24) is 4.90 Å². The second-order valence-corrected chi connectivity index (χ2v) is 13.0. The summed E-state index contributed by atoms with van der Waals surface area (Å²) >= 11 is 0. The molecule has 8 rings (SSSR count). The summed E-state index contributed by atoms with van der Waals surface area (Å²) in [5, 5.41) is 0. The van der Waals surface area contributed by atoms with Crippen molar-refractivity contribution in [2.75, 3.05) is 27.0 Å². The molecule has 7 atom stereocenters. The summed E-state index contributed by atoms with van der Waals surface area (Å²) in [4.78, 5) is 2.72. The highest BCUT2D eigenvalue weighted by molar-refractivity contribution is 5.63. The van der Waals surface area contributed by atoms with Crippen molar-refractivity contribution in [3.05, 3.63) is 35.9 Å². The molecule has 0 unspecified atom stereocenters. The minimum atomic E-state index is -0.328. The van der Waals surface area contributed by atoms with E-state index in [1.54, 1.807) is 7.11 Å². The average Bonchev–Trinajstić information content (AvgIpc) is 3.17. The van der Waals surface area contributed by atoms with Crippen LogP contribution >= 0.6 is 0 Å². The zero-order chi connectivity index (χ0) is 23.7. The summed E-state index contributed by atoms with van der Waals surface area (Å²) < 4.78 is 26.4. The largest absolute Gasteiger partial charge is 0.493 e. The van der Waals surface area contributed by atoms with Gasteiger partial charge in [0, 0.05) is 34.9 Å². The first-order valence-electron chi connectivity index (χ1n) is 13.2. The normalized spacial score (nSPS) is 45.9. The molecule has 0 aromatic heterocycles. The maximum absolute atomic E-state index is 7.15. The minimum absolute atomic E-state index is 0.00534. The molecule has 4 bridgehead atoms. The van der Waals surface area contributed by atoms with E-state index in [0.29, 0.717) is 12.8 Å². The highest BCUT2D eigenvalue weighted by atomic mass is 16.7. The van der Waals surface area contributed by atoms with E-state index in [9.17, 15) is 0 Å². The van der Waals surface area contributed by atoms with Gasteiger partial charge in [0.2, 0.25) is 0 Å². The second-order valence-electron chi connectivity index (χ2n) is 13.0. The van der Waals surface area contributed by atoms with Crippen molar-refractivity contribution in [3.8, 4) is 11.5 Å². The van der Waals surface area contributed by atoms with Gasteiger partial charge in [0.1, 0.15) is 18.5 Å². The van der Waals surface area contributed by atoms with Crippen LogP contribution in [0.4, 0.5) is 0 Å². The average molecular weight is 466 g/mol. The Morgan fingerprint density at radius 2 is 2.03 bits per heavy atom. The Bertz CT molecular complexity index is 1080. The Hall–Kier alpha value is -1.56. The first-order valence-corrected chi connectivity index (χ1v) is 13.2. The van der Waals surface area contributed by atoms with E-state index in [2.05, 4.69) is 57.4 Å². The first kappa shape index (κ1) is 21.7. The molecule has 3 aliphatic heterocycles. The van der Waals surface area contributed by atoms with Crippen molar-refractivity contribution in [1.29, 1.82) is 0 Å². The number of benzene rings is 1. The molecule has 5 fully saturated rings. The Morgan fingerprint density at radius 1 is 1.21 bits per heavy atom. The standard InChI is InChI=1S/C29H39NO4/c1-7-13-30-14-12-28-22-18-8-9-19(31-6)23(22)34-24(28)29-11-10-27(28,21(30)15-18)16-20(29)26(5,25(2,3)4)32-17-33-29/h7-9,20-21,24H,1,10-17H2,2-6H3/t20-,21-,24-,26+,27-,28+,29-/m1/s1.